The monoisotopic (exact) mass is 412 g/mol. The van der Waals surface area contributed by atoms with Gasteiger partial charge in [-0.05, 0) is 67.2 Å². The van der Waals surface area contributed by atoms with Crippen LogP contribution >= 0.6 is 23.2 Å². The van der Waals surface area contributed by atoms with Gasteiger partial charge < -0.3 is 5.11 Å². The molecule has 0 radical (unpaired) electrons. The Labute approximate surface area is 173 Å². The molecule has 0 spiro atoms. The third-order valence-electron chi connectivity index (χ3n) is 4.90. The van der Waals surface area contributed by atoms with Crippen LogP contribution in [-0.2, 0) is 6.42 Å². The van der Waals surface area contributed by atoms with Gasteiger partial charge in [-0.1, -0.05) is 47.5 Å². The molecule has 1 aliphatic rings. The van der Waals surface area contributed by atoms with Crippen molar-refractivity contribution in [2.75, 3.05) is 0 Å². The summed E-state index contributed by atoms with van der Waals surface area (Å²) in [4.78, 5) is 11.9. The van der Waals surface area contributed by atoms with Crippen molar-refractivity contribution < 1.29 is 9.90 Å². The van der Waals surface area contributed by atoms with Crippen LogP contribution in [0.4, 0.5) is 0 Å². The standard InChI is InChI=1S/C22H18Cl2N2O2/c23-16-11-9-14(10-12-16)13-15-5-1-2-6-17-20(22(27)28)25-26(21(15)17)19-8-4-3-7-18(19)24/h3-4,7-13H,1-2,5-6H2,(H,27,28). The highest BCUT2D eigenvalue weighted by Crippen LogP contribution is 2.36. The van der Waals surface area contributed by atoms with E-state index in [9.17, 15) is 9.90 Å². The van der Waals surface area contributed by atoms with E-state index in [0.29, 0.717) is 22.2 Å². The van der Waals surface area contributed by atoms with Gasteiger partial charge in [-0.15, -0.1) is 0 Å². The van der Waals surface area contributed by atoms with E-state index >= 15 is 0 Å². The van der Waals surface area contributed by atoms with E-state index in [2.05, 4.69) is 11.2 Å². The number of hydrogen-bond donors (Lipinski definition) is 1. The fourth-order valence-electron chi connectivity index (χ4n) is 3.62. The zero-order valence-corrected chi connectivity index (χ0v) is 16.5. The van der Waals surface area contributed by atoms with Gasteiger partial charge in [-0.3, -0.25) is 0 Å². The average molecular weight is 413 g/mol. The van der Waals surface area contributed by atoms with E-state index in [4.69, 9.17) is 23.2 Å². The summed E-state index contributed by atoms with van der Waals surface area (Å²) in [5, 5.41) is 15.4. The molecule has 142 valence electrons. The number of allylic oxidation sites excluding steroid dienone is 1. The zero-order chi connectivity index (χ0) is 19.7. The molecule has 3 aromatic rings. The van der Waals surface area contributed by atoms with Crippen LogP contribution in [0.3, 0.4) is 0 Å². The highest BCUT2D eigenvalue weighted by atomic mass is 35.5. The van der Waals surface area contributed by atoms with Gasteiger partial charge in [0.2, 0.25) is 0 Å². The molecule has 0 fully saturated rings. The van der Waals surface area contributed by atoms with Crippen molar-refractivity contribution in [3.05, 3.63) is 81.1 Å². The molecule has 1 aliphatic carbocycles. The zero-order valence-electron chi connectivity index (χ0n) is 15.0. The first-order valence-corrected chi connectivity index (χ1v) is 9.87. The van der Waals surface area contributed by atoms with Gasteiger partial charge in [-0.25, -0.2) is 9.48 Å². The van der Waals surface area contributed by atoms with E-state index in [1.807, 2.05) is 42.5 Å². The lowest BCUT2D eigenvalue weighted by Crippen LogP contribution is -2.04. The molecule has 1 aromatic heterocycles. The van der Waals surface area contributed by atoms with E-state index in [1.54, 1.807) is 10.7 Å². The molecule has 28 heavy (non-hydrogen) atoms. The Hall–Kier alpha value is -2.56. The Morgan fingerprint density at radius 1 is 1.04 bits per heavy atom. The number of hydrogen-bond acceptors (Lipinski definition) is 2. The van der Waals surface area contributed by atoms with Crippen LogP contribution in [0.15, 0.2) is 48.5 Å². The Morgan fingerprint density at radius 2 is 1.75 bits per heavy atom. The van der Waals surface area contributed by atoms with Gasteiger partial charge in [0.1, 0.15) is 0 Å². The number of fused-ring (bicyclic) bond motifs is 1. The van der Waals surface area contributed by atoms with Crippen molar-refractivity contribution in [3.63, 3.8) is 0 Å². The summed E-state index contributed by atoms with van der Waals surface area (Å²) in [5.74, 6) is -1.02. The molecule has 0 saturated heterocycles. The third-order valence-corrected chi connectivity index (χ3v) is 5.48. The molecule has 4 rings (SSSR count). The molecule has 2 aromatic carbocycles. The maximum absolute atomic E-state index is 11.9. The second kappa shape index (κ2) is 7.82. The first-order valence-electron chi connectivity index (χ1n) is 9.11. The van der Waals surface area contributed by atoms with Crippen LogP contribution in [0.5, 0.6) is 0 Å². The highest BCUT2D eigenvalue weighted by Gasteiger charge is 2.27. The molecule has 0 aliphatic heterocycles. The van der Waals surface area contributed by atoms with E-state index in [1.165, 1.54) is 0 Å². The fourth-order valence-corrected chi connectivity index (χ4v) is 3.96. The third kappa shape index (κ3) is 3.58. The summed E-state index contributed by atoms with van der Waals surface area (Å²) < 4.78 is 1.69. The molecule has 4 nitrogen and oxygen atoms in total. The van der Waals surface area contributed by atoms with Gasteiger partial charge >= 0.3 is 5.97 Å². The van der Waals surface area contributed by atoms with Crippen LogP contribution in [0.2, 0.25) is 10.0 Å². The predicted molar refractivity (Wildman–Crippen MR) is 112 cm³/mol. The maximum Gasteiger partial charge on any atom is 0.356 e. The van der Waals surface area contributed by atoms with E-state index < -0.39 is 5.97 Å². The Kier molecular flexibility index (Phi) is 5.25. The maximum atomic E-state index is 11.9. The summed E-state index contributed by atoms with van der Waals surface area (Å²) in [7, 11) is 0. The molecule has 0 saturated carbocycles. The quantitative estimate of drug-likeness (QED) is 0.525. The second-order valence-corrected chi connectivity index (χ2v) is 7.62. The van der Waals surface area contributed by atoms with Crippen LogP contribution in [0, 0.1) is 0 Å². The fraction of sp³-hybridized carbons (Fsp3) is 0.182. The number of rotatable bonds is 3. The molecule has 0 atom stereocenters. The normalized spacial score (nSPS) is 15.3. The number of aromatic nitrogens is 2. The van der Waals surface area contributed by atoms with Crippen molar-refractivity contribution >= 4 is 40.8 Å². The minimum absolute atomic E-state index is 0.0961. The van der Waals surface area contributed by atoms with Gasteiger partial charge in [0, 0.05) is 10.6 Å². The first kappa shape index (κ1) is 18.8. The lowest BCUT2D eigenvalue weighted by Gasteiger charge is -2.12. The van der Waals surface area contributed by atoms with Gasteiger partial charge in [0.05, 0.1) is 16.4 Å². The van der Waals surface area contributed by atoms with Gasteiger partial charge in [0.15, 0.2) is 5.69 Å². The van der Waals surface area contributed by atoms with E-state index in [-0.39, 0.29) is 5.69 Å². The second-order valence-electron chi connectivity index (χ2n) is 6.77. The number of nitrogens with zero attached hydrogens (tertiary/aromatic N) is 2. The molecule has 0 amide bonds. The average Bonchev–Trinajstić information content (AvgIpc) is 2.94. The van der Waals surface area contributed by atoms with Crippen molar-refractivity contribution in [2.24, 2.45) is 0 Å². The molecule has 0 bridgehead atoms. The highest BCUT2D eigenvalue weighted by molar-refractivity contribution is 6.32. The molecule has 0 unspecified atom stereocenters. The van der Waals surface area contributed by atoms with Gasteiger partial charge in [0.25, 0.3) is 0 Å². The number of para-hydroxylation sites is 1. The SMILES string of the molecule is O=C(O)c1nn(-c2ccccc2Cl)c2c1CCCCC2=Cc1ccc(Cl)cc1. The number of carbonyl (C=O) groups is 1. The number of carboxylic acids is 1. The number of benzene rings is 2. The molecule has 1 N–H and O–H groups in total. The summed E-state index contributed by atoms with van der Waals surface area (Å²) >= 11 is 12.4. The summed E-state index contributed by atoms with van der Waals surface area (Å²) in [5.41, 5.74) is 4.43. The van der Waals surface area contributed by atoms with Crippen LogP contribution < -0.4 is 0 Å². The minimum atomic E-state index is -1.02. The summed E-state index contributed by atoms with van der Waals surface area (Å²) in [6.07, 6.45) is 5.50. The van der Waals surface area contributed by atoms with Crippen LogP contribution in [-0.4, -0.2) is 20.9 Å². The largest absolute Gasteiger partial charge is 0.476 e. The first-order chi connectivity index (χ1) is 13.5. The molecular formula is C22H18Cl2N2O2. The predicted octanol–water partition coefficient (Wildman–Crippen LogP) is 6.14. The van der Waals surface area contributed by atoms with Gasteiger partial charge in [-0.2, -0.15) is 5.10 Å². The van der Waals surface area contributed by atoms with Crippen molar-refractivity contribution in [1.82, 2.24) is 9.78 Å². The lowest BCUT2D eigenvalue weighted by molar-refractivity contribution is 0.0688. The van der Waals surface area contributed by atoms with Crippen LogP contribution in [0.25, 0.3) is 17.3 Å². The summed E-state index contributed by atoms with van der Waals surface area (Å²) in [6, 6.07) is 14.9. The minimum Gasteiger partial charge on any atom is -0.476 e. The Balaban J connectivity index is 1.96. The Bertz CT molecular complexity index is 1070. The lowest BCUT2D eigenvalue weighted by atomic mass is 10.0. The van der Waals surface area contributed by atoms with Crippen molar-refractivity contribution in [3.8, 4) is 5.69 Å². The molecular weight excluding hydrogens is 395 g/mol. The Morgan fingerprint density at radius 3 is 2.46 bits per heavy atom. The van der Waals surface area contributed by atoms with Crippen LogP contribution in [0.1, 0.15) is 46.6 Å². The smallest absolute Gasteiger partial charge is 0.356 e. The molecule has 1 heterocycles. The molecule has 6 heteroatoms. The summed E-state index contributed by atoms with van der Waals surface area (Å²) in [6.45, 7) is 0. The number of aromatic carboxylic acids is 1. The van der Waals surface area contributed by atoms with E-state index in [0.717, 1.165) is 41.7 Å². The van der Waals surface area contributed by atoms with Crippen molar-refractivity contribution in [2.45, 2.75) is 25.7 Å². The number of halogens is 2. The topological polar surface area (TPSA) is 55.1 Å². The van der Waals surface area contributed by atoms with Crippen molar-refractivity contribution in [1.29, 1.82) is 0 Å². The number of carboxylic acid groups (broad SMARTS) is 1.